The minimum Gasteiger partial charge on any atom is -0.346 e. The molecular formula is C11H13ClN2O3S. The molecule has 0 spiro atoms. The lowest BCUT2D eigenvalue weighted by Gasteiger charge is -2.61. The number of carbonyl (C=O) groups excluding carboxylic acids is 1. The van der Waals surface area contributed by atoms with E-state index in [9.17, 15) is 13.2 Å². The molecule has 4 rings (SSSR count). The molecule has 1 aromatic rings. The van der Waals surface area contributed by atoms with Crippen LogP contribution in [0.5, 0.6) is 0 Å². The van der Waals surface area contributed by atoms with Crippen molar-refractivity contribution >= 4 is 26.9 Å². The van der Waals surface area contributed by atoms with Crippen LogP contribution in [0.4, 0.5) is 0 Å². The fraction of sp³-hybridized carbons (Fsp3) is 0.545. The van der Waals surface area contributed by atoms with Crippen LogP contribution in [-0.4, -0.2) is 23.8 Å². The Labute approximate surface area is 110 Å². The Kier molecular flexibility index (Phi) is 2.43. The van der Waals surface area contributed by atoms with Crippen LogP contribution in [0.3, 0.4) is 0 Å². The molecule has 7 heteroatoms. The number of hydrogen-bond acceptors (Lipinski definition) is 3. The first kappa shape index (κ1) is 12.2. The lowest BCUT2D eigenvalue weighted by molar-refractivity contribution is -0.0317. The van der Waals surface area contributed by atoms with Crippen LogP contribution in [0.15, 0.2) is 17.2 Å². The van der Waals surface area contributed by atoms with E-state index in [-0.39, 0.29) is 16.1 Å². The number of halogens is 1. The third-order valence-electron chi connectivity index (χ3n) is 3.88. The van der Waals surface area contributed by atoms with Crippen LogP contribution in [-0.2, 0) is 17.1 Å². The third-order valence-corrected chi connectivity index (χ3v) is 5.62. The van der Waals surface area contributed by atoms with Crippen molar-refractivity contribution in [3.8, 4) is 0 Å². The summed E-state index contributed by atoms with van der Waals surface area (Å²) in [6, 6.07) is 1.31. The van der Waals surface area contributed by atoms with Gasteiger partial charge in [-0.25, -0.2) is 13.1 Å². The van der Waals surface area contributed by atoms with Gasteiger partial charge in [-0.2, -0.15) is 0 Å². The highest BCUT2D eigenvalue weighted by Crippen LogP contribution is 2.57. The van der Waals surface area contributed by atoms with Gasteiger partial charge in [-0.05, 0) is 42.8 Å². The van der Waals surface area contributed by atoms with Gasteiger partial charge in [0, 0.05) is 18.8 Å². The second-order valence-corrected chi connectivity index (χ2v) is 7.34. The van der Waals surface area contributed by atoms with Gasteiger partial charge in [0.1, 0.15) is 10.6 Å². The number of nitrogens with zero attached hydrogens (tertiary/aromatic N) is 1. The maximum absolute atomic E-state index is 12.2. The molecule has 18 heavy (non-hydrogen) atoms. The molecule has 3 fully saturated rings. The Morgan fingerprint density at radius 1 is 1.50 bits per heavy atom. The van der Waals surface area contributed by atoms with E-state index in [0.29, 0.717) is 5.92 Å². The van der Waals surface area contributed by atoms with Gasteiger partial charge in [-0.15, -0.1) is 0 Å². The maximum Gasteiger partial charge on any atom is 0.268 e. The highest BCUT2D eigenvalue weighted by Gasteiger charge is 2.58. The van der Waals surface area contributed by atoms with Gasteiger partial charge in [-0.3, -0.25) is 4.79 Å². The quantitative estimate of drug-likeness (QED) is 0.848. The molecule has 2 bridgehead atoms. The Bertz CT molecular complexity index is 618. The number of sulfonamides is 1. The summed E-state index contributed by atoms with van der Waals surface area (Å²) >= 11 is 5.38. The average molecular weight is 289 g/mol. The molecule has 5 nitrogen and oxygen atoms in total. The molecule has 3 aliphatic rings. The van der Waals surface area contributed by atoms with Crippen LogP contribution in [0.1, 0.15) is 29.8 Å². The van der Waals surface area contributed by atoms with E-state index in [1.54, 1.807) is 7.05 Å². The largest absolute Gasteiger partial charge is 0.346 e. The number of hydrogen-bond donors (Lipinski definition) is 1. The second kappa shape index (κ2) is 3.59. The Balaban J connectivity index is 1.88. The molecule has 0 unspecified atom stereocenters. The molecule has 0 atom stereocenters. The third kappa shape index (κ3) is 1.71. The van der Waals surface area contributed by atoms with Crippen molar-refractivity contribution in [2.75, 3.05) is 0 Å². The maximum atomic E-state index is 12.2. The van der Waals surface area contributed by atoms with Gasteiger partial charge in [0.05, 0.1) is 0 Å². The fourth-order valence-corrected chi connectivity index (χ4v) is 4.51. The fourth-order valence-electron chi connectivity index (χ4n) is 2.82. The van der Waals surface area contributed by atoms with Gasteiger partial charge in [0.15, 0.2) is 0 Å². The van der Waals surface area contributed by atoms with Crippen molar-refractivity contribution < 1.29 is 13.2 Å². The lowest BCUT2D eigenvalue weighted by Crippen LogP contribution is -2.67. The first-order chi connectivity index (χ1) is 8.31. The Morgan fingerprint density at radius 2 is 2.11 bits per heavy atom. The summed E-state index contributed by atoms with van der Waals surface area (Å²) in [5, 5.41) is -0.663. The van der Waals surface area contributed by atoms with E-state index in [1.807, 2.05) is 0 Å². The number of aromatic nitrogens is 1. The standard InChI is InChI=1S/C11H13ClN2O3S/c1-14-6-8(2-9(14)10(12)15)18(16,17)13-11-3-7(4-11)5-11/h2,6-7,13H,3-5H2,1H3. The smallest absolute Gasteiger partial charge is 0.268 e. The molecular weight excluding hydrogens is 276 g/mol. The lowest BCUT2D eigenvalue weighted by atomic mass is 9.50. The number of rotatable bonds is 4. The molecule has 0 radical (unpaired) electrons. The zero-order valence-corrected chi connectivity index (χ0v) is 11.4. The van der Waals surface area contributed by atoms with Crippen molar-refractivity contribution in [2.45, 2.75) is 29.7 Å². The molecule has 0 aliphatic heterocycles. The summed E-state index contributed by atoms with van der Waals surface area (Å²) in [7, 11) is -1.96. The molecule has 3 aliphatic carbocycles. The van der Waals surface area contributed by atoms with E-state index >= 15 is 0 Å². The molecule has 1 heterocycles. The SMILES string of the molecule is Cn1cc(S(=O)(=O)NC23CC(C2)C3)cc1C(=O)Cl. The normalized spacial score (nSPS) is 29.6. The first-order valence-corrected chi connectivity index (χ1v) is 7.58. The van der Waals surface area contributed by atoms with Gasteiger partial charge < -0.3 is 4.57 Å². The van der Waals surface area contributed by atoms with Gasteiger partial charge in [0.2, 0.25) is 10.0 Å². The molecule has 1 N–H and O–H groups in total. The average Bonchev–Trinajstić information content (AvgIpc) is 2.53. The molecule has 98 valence electrons. The second-order valence-electron chi connectivity index (χ2n) is 5.31. The van der Waals surface area contributed by atoms with E-state index < -0.39 is 15.3 Å². The van der Waals surface area contributed by atoms with Crippen LogP contribution in [0.25, 0.3) is 0 Å². The Morgan fingerprint density at radius 3 is 2.50 bits per heavy atom. The number of nitrogens with one attached hydrogen (secondary N) is 1. The van der Waals surface area contributed by atoms with E-state index in [2.05, 4.69) is 4.72 Å². The highest BCUT2D eigenvalue weighted by molar-refractivity contribution is 7.89. The van der Waals surface area contributed by atoms with Gasteiger partial charge in [-0.1, -0.05) is 0 Å². The summed E-state index contributed by atoms with van der Waals surface area (Å²) in [5.41, 5.74) is -0.0422. The molecule has 0 amide bonds. The Hall–Kier alpha value is -0.850. The van der Waals surface area contributed by atoms with Crippen molar-refractivity contribution in [1.82, 2.24) is 9.29 Å². The first-order valence-electron chi connectivity index (χ1n) is 5.72. The van der Waals surface area contributed by atoms with Crippen molar-refractivity contribution in [3.05, 3.63) is 18.0 Å². The summed E-state index contributed by atoms with van der Waals surface area (Å²) in [6.07, 6.45) is 4.20. The van der Waals surface area contributed by atoms with Gasteiger partial charge in [0.25, 0.3) is 5.24 Å². The molecule has 3 saturated carbocycles. The van der Waals surface area contributed by atoms with E-state index in [1.165, 1.54) is 16.8 Å². The minimum atomic E-state index is -3.56. The number of carbonyl (C=O) groups is 1. The highest BCUT2D eigenvalue weighted by atomic mass is 35.5. The van der Waals surface area contributed by atoms with Crippen LogP contribution in [0, 0.1) is 5.92 Å². The monoisotopic (exact) mass is 288 g/mol. The van der Waals surface area contributed by atoms with Crippen molar-refractivity contribution in [1.29, 1.82) is 0 Å². The topological polar surface area (TPSA) is 68.2 Å². The summed E-state index contributed by atoms with van der Waals surface area (Å²) < 4.78 is 28.5. The molecule has 0 aromatic carbocycles. The van der Waals surface area contributed by atoms with Crippen molar-refractivity contribution in [2.24, 2.45) is 13.0 Å². The molecule has 1 aromatic heterocycles. The van der Waals surface area contributed by atoms with E-state index in [0.717, 1.165) is 19.3 Å². The van der Waals surface area contributed by atoms with E-state index in [4.69, 9.17) is 11.6 Å². The van der Waals surface area contributed by atoms with Gasteiger partial charge >= 0.3 is 0 Å². The predicted octanol–water partition coefficient (Wildman–Crippen LogP) is 1.23. The van der Waals surface area contributed by atoms with Crippen LogP contribution >= 0.6 is 11.6 Å². The predicted molar refractivity (Wildman–Crippen MR) is 66.0 cm³/mol. The number of aryl methyl sites for hydroxylation is 1. The summed E-state index contributed by atoms with van der Waals surface area (Å²) in [5.74, 6) is 0.698. The summed E-state index contributed by atoms with van der Waals surface area (Å²) in [6.45, 7) is 0. The summed E-state index contributed by atoms with van der Waals surface area (Å²) in [4.78, 5) is 11.2. The minimum absolute atomic E-state index is 0.0960. The van der Waals surface area contributed by atoms with Crippen molar-refractivity contribution in [3.63, 3.8) is 0 Å². The van der Waals surface area contributed by atoms with Crippen LogP contribution in [0.2, 0.25) is 0 Å². The zero-order valence-electron chi connectivity index (χ0n) is 9.81. The molecule has 0 saturated heterocycles. The zero-order chi connectivity index (χ0) is 13.1. The van der Waals surface area contributed by atoms with Crippen LogP contribution < -0.4 is 4.72 Å².